The fourth-order valence-corrected chi connectivity index (χ4v) is 2.50. The molecule has 104 valence electrons. The van der Waals surface area contributed by atoms with Gasteiger partial charge in [-0.3, -0.25) is 9.69 Å². The molecule has 0 saturated carbocycles. The van der Waals surface area contributed by atoms with Crippen LogP contribution < -0.4 is 11.1 Å². The fraction of sp³-hybridized carbons (Fsp3) is 0.417. The highest BCUT2D eigenvalue weighted by atomic mass is 79.9. The fourth-order valence-electron chi connectivity index (χ4n) is 2.13. The average molecular weight is 334 g/mol. The van der Waals surface area contributed by atoms with Crippen molar-refractivity contribution >= 4 is 21.8 Å². The van der Waals surface area contributed by atoms with Crippen molar-refractivity contribution in [3.63, 3.8) is 0 Å². The zero-order chi connectivity index (χ0) is 14.0. The molecule has 1 amide bonds. The van der Waals surface area contributed by atoms with Crippen molar-refractivity contribution in [2.24, 2.45) is 5.73 Å². The van der Waals surface area contributed by atoms with Crippen LogP contribution >= 0.6 is 15.9 Å². The Morgan fingerprint density at radius 3 is 2.95 bits per heavy atom. The summed E-state index contributed by atoms with van der Waals surface area (Å²) in [6.07, 6.45) is 0. The van der Waals surface area contributed by atoms with Crippen LogP contribution in [0.5, 0.6) is 0 Å². The summed E-state index contributed by atoms with van der Waals surface area (Å²) in [6.45, 7) is 1.58. The van der Waals surface area contributed by atoms with Gasteiger partial charge in [0, 0.05) is 31.7 Å². The second-order valence-corrected chi connectivity index (χ2v) is 5.27. The van der Waals surface area contributed by atoms with Crippen LogP contribution in [0.4, 0.5) is 8.78 Å². The first-order chi connectivity index (χ1) is 9.00. The Bertz CT molecular complexity index is 498. The first kappa shape index (κ1) is 14.4. The molecular formula is C12H14BrF2N3O. The number of nitrogens with zero attached hydrogens (tertiary/aromatic N) is 1. The number of rotatable bonds is 3. The molecule has 0 spiro atoms. The molecule has 1 aliphatic heterocycles. The van der Waals surface area contributed by atoms with Crippen LogP contribution in [0.2, 0.25) is 0 Å². The lowest BCUT2D eigenvalue weighted by atomic mass is 10.1. The Labute approximate surface area is 118 Å². The van der Waals surface area contributed by atoms with Gasteiger partial charge in [-0.15, -0.1) is 0 Å². The van der Waals surface area contributed by atoms with Gasteiger partial charge in [-0.1, -0.05) is 0 Å². The lowest BCUT2D eigenvalue weighted by Gasteiger charge is -2.34. The minimum Gasteiger partial charge on any atom is -0.368 e. The topological polar surface area (TPSA) is 58.4 Å². The van der Waals surface area contributed by atoms with Crippen LogP contribution in [0, 0.1) is 11.6 Å². The Morgan fingerprint density at radius 2 is 2.26 bits per heavy atom. The third-order valence-corrected chi connectivity index (χ3v) is 3.80. The molecule has 1 heterocycles. The van der Waals surface area contributed by atoms with E-state index in [1.165, 1.54) is 12.1 Å². The number of carbonyl (C=O) groups excluding carboxylic acids is 1. The number of carbonyl (C=O) groups is 1. The molecule has 1 atom stereocenters. The molecule has 0 bridgehead atoms. The number of nitrogens with one attached hydrogen (secondary N) is 1. The third kappa shape index (κ3) is 3.10. The van der Waals surface area contributed by atoms with E-state index in [2.05, 4.69) is 21.2 Å². The van der Waals surface area contributed by atoms with Crippen LogP contribution in [-0.2, 0) is 11.3 Å². The van der Waals surface area contributed by atoms with Crippen molar-refractivity contribution in [1.29, 1.82) is 0 Å². The van der Waals surface area contributed by atoms with Crippen molar-refractivity contribution in [3.05, 3.63) is 33.8 Å². The maximum atomic E-state index is 13.9. The number of amides is 1. The summed E-state index contributed by atoms with van der Waals surface area (Å²) in [5.41, 5.74) is 5.25. The number of hydrogen-bond acceptors (Lipinski definition) is 3. The molecule has 7 heteroatoms. The smallest absolute Gasteiger partial charge is 0.236 e. The van der Waals surface area contributed by atoms with E-state index in [0.717, 1.165) is 0 Å². The Hall–Kier alpha value is -1.05. The molecule has 1 aliphatic rings. The van der Waals surface area contributed by atoms with E-state index in [4.69, 9.17) is 5.73 Å². The molecule has 0 radical (unpaired) electrons. The molecule has 1 aromatic rings. The summed E-state index contributed by atoms with van der Waals surface area (Å²) >= 11 is 3.02. The van der Waals surface area contributed by atoms with E-state index in [1.54, 1.807) is 4.90 Å². The van der Waals surface area contributed by atoms with Gasteiger partial charge < -0.3 is 11.1 Å². The summed E-state index contributed by atoms with van der Waals surface area (Å²) in [4.78, 5) is 13.0. The van der Waals surface area contributed by atoms with Gasteiger partial charge >= 0.3 is 0 Å². The maximum absolute atomic E-state index is 13.9. The van der Waals surface area contributed by atoms with Gasteiger partial charge in [0.25, 0.3) is 0 Å². The summed E-state index contributed by atoms with van der Waals surface area (Å²) in [7, 11) is 0. The molecule has 0 aromatic heterocycles. The van der Waals surface area contributed by atoms with Crippen LogP contribution in [0.1, 0.15) is 5.56 Å². The number of hydrogen-bond donors (Lipinski definition) is 2. The van der Waals surface area contributed by atoms with Crippen molar-refractivity contribution < 1.29 is 13.6 Å². The molecule has 4 nitrogen and oxygen atoms in total. The van der Waals surface area contributed by atoms with Gasteiger partial charge in [0.1, 0.15) is 17.7 Å². The quantitative estimate of drug-likeness (QED) is 0.811. The first-order valence-electron chi connectivity index (χ1n) is 5.87. The Balaban J connectivity index is 2.24. The van der Waals surface area contributed by atoms with E-state index in [1.807, 2.05) is 0 Å². The zero-order valence-electron chi connectivity index (χ0n) is 10.1. The van der Waals surface area contributed by atoms with Gasteiger partial charge in [0.05, 0.1) is 4.47 Å². The largest absolute Gasteiger partial charge is 0.368 e. The zero-order valence-corrected chi connectivity index (χ0v) is 11.7. The minimum atomic E-state index is -0.637. The number of primary amides is 1. The monoisotopic (exact) mass is 333 g/mol. The molecule has 1 unspecified atom stereocenters. The highest BCUT2D eigenvalue weighted by Gasteiger charge is 2.28. The second kappa shape index (κ2) is 5.94. The predicted molar refractivity (Wildman–Crippen MR) is 70.3 cm³/mol. The number of piperazine rings is 1. The minimum absolute atomic E-state index is 0.0202. The highest BCUT2D eigenvalue weighted by molar-refractivity contribution is 9.10. The second-order valence-electron chi connectivity index (χ2n) is 4.41. The van der Waals surface area contributed by atoms with Crippen molar-refractivity contribution in [3.8, 4) is 0 Å². The van der Waals surface area contributed by atoms with E-state index in [-0.39, 0.29) is 16.6 Å². The molecule has 2 rings (SSSR count). The average Bonchev–Trinajstić information content (AvgIpc) is 2.39. The number of nitrogens with two attached hydrogens (primary N) is 1. The molecule has 3 N–H and O–H groups in total. The molecule has 19 heavy (non-hydrogen) atoms. The molecule has 0 aliphatic carbocycles. The lowest BCUT2D eigenvalue weighted by Crippen LogP contribution is -2.56. The predicted octanol–water partition coefficient (Wildman–Crippen LogP) is 0.986. The normalized spacial score (nSPS) is 20.5. The summed E-state index contributed by atoms with van der Waals surface area (Å²) in [5.74, 6) is -1.76. The molecule has 1 fully saturated rings. The standard InChI is InChI=1S/C12H14BrF2N3O/c13-8-1-2-9(14)7(11(8)15)6-18-4-3-17-5-10(18)12(16)19/h1-2,10,17H,3-6H2,(H2,16,19). The van der Waals surface area contributed by atoms with E-state index in [0.29, 0.717) is 19.6 Å². The number of halogens is 3. The van der Waals surface area contributed by atoms with Crippen LogP contribution in [0.25, 0.3) is 0 Å². The van der Waals surface area contributed by atoms with E-state index in [9.17, 15) is 13.6 Å². The lowest BCUT2D eigenvalue weighted by molar-refractivity contribution is -0.124. The Kier molecular flexibility index (Phi) is 4.49. The van der Waals surface area contributed by atoms with Gasteiger partial charge in [-0.05, 0) is 28.1 Å². The van der Waals surface area contributed by atoms with Crippen molar-refractivity contribution in [2.75, 3.05) is 19.6 Å². The Morgan fingerprint density at radius 1 is 1.53 bits per heavy atom. The summed E-state index contributed by atoms with van der Waals surface area (Å²) < 4.78 is 27.8. The van der Waals surface area contributed by atoms with Crippen LogP contribution in [0.15, 0.2) is 16.6 Å². The van der Waals surface area contributed by atoms with E-state index >= 15 is 0 Å². The van der Waals surface area contributed by atoms with Gasteiger partial charge in [-0.2, -0.15) is 0 Å². The van der Waals surface area contributed by atoms with E-state index < -0.39 is 23.6 Å². The van der Waals surface area contributed by atoms with Crippen LogP contribution in [0.3, 0.4) is 0 Å². The molecule has 1 saturated heterocycles. The van der Waals surface area contributed by atoms with Crippen LogP contribution in [-0.4, -0.2) is 36.5 Å². The van der Waals surface area contributed by atoms with Gasteiger partial charge in [0.2, 0.25) is 5.91 Å². The first-order valence-corrected chi connectivity index (χ1v) is 6.66. The highest BCUT2D eigenvalue weighted by Crippen LogP contribution is 2.23. The van der Waals surface area contributed by atoms with Crippen molar-refractivity contribution in [1.82, 2.24) is 10.2 Å². The SMILES string of the molecule is NC(=O)C1CNCCN1Cc1c(F)ccc(Br)c1F. The van der Waals surface area contributed by atoms with Gasteiger partial charge in [0.15, 0.2) is 0 Å². The maximum Gasteiger partial charge on any atom is 0.236 e. The molecule has 1 aromatic carbocycles. The third-order valence-electron chi connectivity index (χ3n) is 3.18. The summed E-state index contributed by atoms with van der Waals surface area (Å²) in [5, 5.41) is 3.03. The summed E-state index contributed by atoms with van der Waals surface area (Å²) in [6, 6.07) is 1.97. The molecular weight excluding hydrogens is 320 g/mol. The number of benzene rings is 1. The van der Waals surface area contributed by atoms with Crippen molar-refractivity contribution in [2.45, 2.75) is 12.6 Å². The van der Waals surface area contributed by atoms with Gasteiger partial charge in [-0.25, -0.2) is 8.78 Å².